The number of hydrogen-bond donors (Lipinski definition) is 1. The van der Waals surface area contributed by atoms with Crippen LogP contribution in [0.1, 0.15) is 32.3 Å². The Morgan fingerprint density at radius 3 is 2.43 bits per heavy atom. The van der Waals surface area contributed by atoms with Gasteiger partial charge in [0.2, 0.25) is 0 Å². The summed E-state index contributed by atoms with van der Waals surface area (Å²) in [5.74, 6) is 0.362. The highest BCUT2D eigenvalue weighted by atomic mass is 19.4. The summed E-state index contributed by atoms with van der Waals surface area (Å²) in [6.07, 6.45) is -1.60. The van der Waals surface area contributed by atoms with Gasteiger partial charge in [-0.15, -0.1) is 0 Å². The first-order valence-electron chi connectivity index (χ1n) is 7.36. The van der Waals surface area contributed by atoms with E-state index in [2.05, 4.69) is 15.3 Å². The zero-order valence-corrected chi connectivity index (χ0v) is 12.4. The number of nitrogens with zero attached hydrogens (tertiary/aromatic N) is 3. The normalized spacial score (nSPS) is 17.1. The lowest BCUT2D eigenvalue weighted by molar-refractivity contribution is -0.179. The number of anilines is 2. The Labute approximate surface area is 122 Å². The molecule has 1 aliphatic heterocycles. The van der Waals surface area contributed by atoms with E-state index < -0.39 is 12.1 Å². The molecule has 7 heteroatoms. The Morgan fingerprint density at radius 1 is 1.24 bits per heavy atom. The third-order valence-electron chi connectivity index (χ3n) is 3.88. The van der Waals surface area contributed by atoms with E-state index in [0.717, 1.165) is 30.2 Å². The van der Waals surface area contributed by atoms with Crippen LogP contribution in [0.3, 0.4) is 0 Å². The van der Waals surface area contributed by atoms with Crippen molar-refractivity contribution in [1.29, 1.82) is 0 Å². The minimum atomic E-state index is -4.08. The van der Waals surface area contributed by atoms with Crippen molar-refractivity contribution in [2.75, 3.05) is 29.9 Å². The molecule has 0 radical (unpaired) electrons. The Hall–Kier alpha value is -1.53. The molecule has 1 aliphatic rings. The van der Waals surface area contributed by atoms with Gasteiger partial charge < -0.3 is 10.2 Å². The van der Waals surface area contributed by atoms with Crippen LogP contribution in [-0.2, 0) is 6.42 Å². The maximum absolute atomic E-state index is 12.7. The molecule has 1 saturated heterocycles. The van der Waals surface area contributed by atoms with Gasteiger partial charge in [-0.05, 0) is 26.2 Å². The van der Waals surface area contributed by atoms with Gasteiger partial charge in [0.05, 0.1) is 5.92 Å². The molecule has 2 heterocycles. The van der Waals surface area contributed by atoms with Crippen molar-refractivity contribution in [3.05, 3.63) is 11.9 Å². The Kier molecular flexibility index (Phi) is 4.90. The van der Waals surface area contributed by atoms with Crippen molar-refractivity contribution < 1.29 is 13.2 Å². The molecule has 1 aromatic heterocycles. The molecule has 1 fully saturated rings. The number of piperidine rings is 1. The molecular formula is C14H21F3N4. The van der Waals surface area contributed by atoms with Crippen LogP contribution in [0.15, 0.2) is 6.33 Å². The van der Waals surface area contributed by atoms with Gasteiger partial charge in [0.25, 0.3) is 0 Å². The number of rotatable bonds is 4. The van der Waals surface area contributed by atoms with Crippen LogP contribution in [-0.4, -0.2) is 35.8 Å². The Balaban J connectivity index is 2.15. The van der Waals surface area contributed by atoms with E-state index in [-0.39, 0.29) is 12.8 Å². The molecule has 0 spiro atoms. The molecule has 1 N–H and O–H groups in total. The lowest BCUT2D eigenvalue weighted by Gasteiger charge is -2.34. The van der Waals surface area contributed by atoms with Gasteiger partial charge in [0, 0.05) is 25.2 Å². The highest BCUT2D eigenvalue weighted by Crippen LogP contribution is 2.36. The largest absolute Gasteiger partial charge is 0.391 e. The monoisotopic (exact) mass is 302 g/mol. The van der Waals surface area contributed by atoms with Crippen LogP contribution < -0.4 is 10.2 Å². The van der Waals surface area contributed by atoms with E-state index in [4.69, 9.17) is 0 Å². The molecular weight excluding hydrogens is 281 g/mol. The molecule has 1 aromatic rings. The minimum Gasteiger partial charge on any atom is -0.370 e. The first-order chi connectivity index (χ1) is 9.97. The average molecular weight is 302 g/mol. The maximum atomic E-state index is 12.7. The van der Waals surface area contributed by atoms with Gasteiger partial charge in [-0.2, -0.15) is 13.2 Å². The molecule has 0 aromatic carbocycles. The van der Waals surface area contributed by atoms with Gasteiger partial charge in [0.15, 0.2) is 0 Å². The van der Waals surface area contributed by atoms with Gasteiger partial charge in [-0.3, -0.25) is 0 Å². The first-order valence-corrected chi connectivity index (χ1v) is 7.36. The second kappa shape index (κ2) is 6.49. The summed E-state index contributed by atoms with van der Waals surface area (Å²) < 4.78 is 38.2. The zero-order chi connectivity index (χ0) is 15.5. The third-order valence-corrected chi connectivity index (χ3v) is 3.88. The van der Waals surface area contributed by atoms with Crippen molar-refractivity contribution in [1.82, 2.24) is 9.97 Å². The highest BCUT2D eigenvalue weighted by Gasteiger charge is 2.41. The molecule has 0 saturated carbocycles. The van der Waals surface area contributed by atoms with Crippen molar-refractivity contribution in [2.45, 2.75) is 39.3 Å². The summed E-state index contributed by atoms with van der Waals surface area (Å²) in [6, 6.07) is 0. The summed E-state index contributed by atoms with van der Waals surface area (Å²) in [5.41, 5.74) is 0.977. The Bertz CT molecular complexity index is 468. The van der Waals surface area contributed by atoms with Crippen molar-refractivity contribution in [3.8, 4) is 0 Å². The lowest BCUT2D eigenvalue weighted by atomic mass is 9.96. The molecule has 0 amide bonds. The highest BCUT2D eigenvalue weighted by molar-refractivity contribution is 5.58. The molecule has 21 heavy (non-hydrogen) atoms. The van der Waals surface area contributed by atoms with Crippen LogP contribution in [0.25, 0.3) is 0 Å². The Morgan fingerprint density at radius 2 is 1.90 bits per heavy atom. The molecule has 4 nitrogen and oxygen atoms in total. The van der Waals surface area contributed by atoms with E-state index in [1.54, 1.807) is 0 Å². The smallest absolute Gasteiger partial charge is 0.370 e. The number of nitrogens with one attached hydrogen (secondary N) is 1. The fourth-order valence-corrected chi connectivity index (χ4v) is 2.74. The van der Waals surface area contributed by atoms with Gasteiger partial charge in [-0.25, -0.2) is 9.97 Å². The molecule has 118 valence electrons. The van der Waals surface area contributed by atoms with Crippen LogP contribution in [0, 0.1) is 5.92 Å². The first kappa shape index (κ1) is 15.9. The number of aromatic nitrogens is 2. The molecule has 0 aliphatic carbocycles. The summed E-state index contributed by atoms with van der Waals surface area (Å²) >= 11 is 0. The van der Waals surface area contributed by atoms with Gasteiger partial charge in [-0.1, -0.05) is 6.92 Å². The van der Waals surface area contributed by atoms with Crippen molar-refractivity contribution in [2.24, 2.45) is 5.92 Å². The molecule has 2 rings (SSSR count). The summed E-state index contributed by atoms with van der Waals surface area (Å²) in [6.45, 7) is 5.51. The van der Waals surface area contributed by atoms with Crippen LogP contribution >= 0.6 is 0 Å². The minimum absolute atomic E-state index is 0.132. The zero-order valence-electron chi connectivity index (χ0n) is 12.4. The standard InChI is InChI=1S/C14H21F3N4/c1-3-11-12(18-4-2)19-9-20-13(11)21-7-5-10(6-8-21)14(15,16)17/h9-10H,3-8H2,1-2H3,(H,18,19,20). The van der Waals surface area contributed by atoms with Crippen LogP contribution in [0.5, 0.6) is 0 Å². The maximum Gasteiger partial charge on any atom is 0.391 e. The predicted molar refractivity (Wildman–Crippen MR) is 76.6 cm³/mol. The topological polar surface area (TPSA) is 41.1 Å². The van der Waals surface area contributed by atoms with E-state index in [1.165, 1.54) is 6.33 Å². The molecule has 0 unspecified atom stereocenters. The predicted octanol–water partition coefficient (Wildman–Crippen LogP) is 3.25. The summed E-state index contributed by atoms with van der Waals surface area (Å²) in [7, 11) is 0. The third kappa shape index (κ3) is 3.57. The number of halogens is 3. The van der Waals surface area contributed by atoms with E-state index in [1.807, 2.05) is 18.7 Å². The number of hydrogen-bond acceptors (Lipinski definition) is 4. The lowest BCUT2D eigenvalue weighted by Crippen LogP contribution is -2.39. The number of alkyl halides is 3. The van der Waals surface area contributed by atoms with E-state index in [0.29, 0.717) is 13.1 Å². The quantitative estimate of drug-likeness (QED) is 0.927. The van der Waals surface area contributed by atoms with E-state index >= 15 is 0 Å². The second-order valence-corrected chi connectivity index (χ2v) is 5.21. The van der Waals surface area contributed by atoms with Crippen LogP contribution in [0.4, 0.5) is 24.8 Å². The fourth-order valence-electron chi connectivity index (χ4n) is 2.74. The van der Waals surface area contributed by atoms with Gasteiger partial charge >= 0.3 is 6.18 Å². The van der Waals surface area contributed by atoms with Crippen LogP contribution in [0.2, 0.25) is 0 Å². The summed E-state index contributed by atoms with van der Waals surface area (Å²) in [4.78, 5) is 10.5. The average Bonchev–Trinajstić information content (AvgIpc) is 2.46. The van der Waals surface area contributed by atoms with E-state index in [9.17, 15) is 13.2 Å². The SMILES string of the molecule is CCNc1ncnc(N2CCC(C(F)(F)F)CC2)c1CC. The second-order valence-electron chi connectivity index (χ2n) is 5.21. The van der Waals surface area contributed by atoms with Gasteiger partial charge in [0.1, 0.15) is 18.0 Å². The molecule has 0 bridgehead atoms. The summed E-state index contributed by atoms with van der Waals surface area (Å²) in [5, 5.41) is 3.18. The molecule has 0 atom stereocenters. The van der Waals surface area contributed by atoms with Crippen molar-refractivity contribution >= 4 is 11.6 Å². The fraction of sp³-hybridized carbons (Fsp3) is 0.714. The van der Waals surface area contributed by atoms with Crippen molar-refractivity contribution in [3.63, 3.8) is 0 Å².